The van der Waals surface area contributed by atoms with E-state index in [0.717, 1.165) is 48.1 Å². The number of halogens is 1. The second-order valence-corrected chi connectivity index (χ2v) is 9.05. The van der Waals surface area contributed by atoms with Crippen LogP contribution in [0.2, 0.25) is 0 Å². The van der Waals surface area contributed by atoms with Crippen molar-refractivity contribution in [3.8, 4) is 0 Å². The first-order valence-corrected chi connectivity index (χ1v) is 10.8. The van der Waals surface area contributed by atoms with Gasteiger partial charge in [0.15, 0.2) is 0 Å². The maximum atomic E-state index is 14.2. The van der Waals surface area contributed by atoms with Crippen molar-refractivity contribution in [1.82, 2.24) is 15.2 Å². The number of rotatable bonds is 5. The van der Waals surface area contributed by atoms with E-state index in [2.05, 4.69) is 40.3 Å². The highest BCUT2D eigenvalue weighted by Gasteiger charge is 2.47. The van der Waals surface area contributed by atoms with Crippen LogP contribution < -0.4 is 10.2 Å². The molecule has 0 spiro atoms. The molecular formula is C25H27FN4O. The molecule has 2 aromatic carbocycles. The first kappa shape index (κ1) is 19.9. The molecule has 1 saturated carbocycles. The summed E-state index contributed by atoms with van der Waals surface area (Å²) in [4.78, 5) is 22.1. The number of likely N-dealkylation sites (N-methyl/N-ethyl adjacent to an activating group) is 1. The summed E-state index contributed by atoms with van der Waals surface area (Å²) in [6.07, 6.45) is 3.30. The Balaban J connectivity index is 1.41. The molecule has 5 nitrogen and oxygen atoms in total. The molecule has 0 bridgehead atoms. The second kappa shape index (κ2) is 7.31. The van der Waals surface area contributed by atoms with Crippen LogP contribution in [0.5, 0.6) is 0 Å². The van der Waals surface area contributed by atoms with Gasteiger partial charge in [-0.25, -0.2) is 4.39 Å². The largest absolute Gasteiger partial charge is 0.368 e. The monoisotopic (exact) mass is 418 g/mol. The van der Waals surface area contributed by atoms with Gasteiger partial charge >= 0.3 is 0 Å². The van der Waals surface area contributed by atoms with E-state index in [0.29, 0.717) is 17.1 Å². The lowest BCUT2D eigenvalue weighted by Crippen LogP contribution is -2.57. The van der Waals surface area contributed by atoms with E-state index in [1.54, 1.807) is 12.3 Å². The summed E-state index contributed by atoms with van der Waals surface area (Å²) >= 11 is 0. The van der Waals surface area contributed by atoms with Crippen LogP contribution in [0, 0.1) is 12.7 Å². The quantitative estimate of drug-likeness (QED) is 0.684. The Morgan fingerprint density at radius 2 is 1.97 bits per heavy atom. The molecule has 1 N–H and O–H groups in total. The predicted octanol–water partition coefficient (Wildman–Crippen LogP) is 3.85. The summed E-state index contributed by atoms with van der Waals surface area (Å²) in [6, 6.07) is 13.5. The molecule has 2 heterocycles. The number of carbonyl (C=O) groups is 1. The van der Waals surface area contributed by atoms with Gasteiger partial charge in [0.25, 0.3) is 5.91 Å². The summed E-state index contributed by atoms with van der Waals surface area (Å²) in [5.41, 5.74) is 3.56. The number of carbonyl (C=O) groups excluding carboxylic acids is 1. The van der Waals surface area contributed by atoms with Crippen LogP contribution >= 0.6 is 0 Å². The van der Waals surface area contributed by atoms with Crippen molar-refractivity contribution in [1.29, 1.82) is 0 Å². The van der Waals surface area contributed by atoms with Gasteiger partial charge in [-0.1, -0.05) is 18.2 Å². The van der Waals surface area contributed by atoms with Crippen LogP contribution in [-0.4, -0.2) is 49.0 Å². The highest BCUT2D eigenvalue weighted by atomic mass is 19.1. The number of para-hydroxylation sites is 1. The summed E-state index contributed by atoms with van der Waals surface area (Å²) in [6.45, 7) is 3.90. The third-order valence-corrected chi connectivity index (χ3v) is 6.76. The number of aromatic nitrogens is 1. The van der Waals surface area contributed by atoms with E-state index in [4.69, 9.17) is 0 Å². The number of benzene rings is 2. The number of anilines is 1. The minimum atomic E-state index is -0.457. The van der Waals surface area contributed by atoms with Crippen LogP contribution in [0.25, 0.3) is 10.9 Å². The van der Waals surface area contributed by atoms with Crippen molar-refractivity contribution in [3.05, 3.63) is 71.2 Å². The van der Waals surface area contributed by atoms with Gasteiger partial charge in [0.1, 0.15) is 11.3 Å². The maximum Gasteiger partial charge on any atom is 0.252 e. The number of aryl methyl sites for hydroxylation is 1. The Kier molecular flexibility index (Phi) is 4.70. The van der Waals surface area contributed by atoms with Gasteiger partial charge in [-0.3, -0.25) is 9.78 Å². The number of nitrogens with one attached hydrogen (secondary N) is 1. The van der Waals surface area contributed by atoms with Gasteiger partial charge in [0, 0.05) is 42.0 Å². The number of amides is 1. The topological polar surface area (TPSA) is 48.5 Å². The number of nitrogens with zero attached hydrogens (tertiary/aromatic N) is 3. The van der Waals surface area contributed by atoms with E-state index in [1.165, 1.54) is 6.07 Å². The van der Waals surface area contributed by atoms with Crippen molar-refractivity contribution in [2.45, 2.75) is 31.3 Å². The zero-order chi connectivity index (χ0) is 21.8. The molecule has 1 saturated heterocycles. The number of fused-ring (bicyclic) bond motifs is 1. The van der Waals surface area contributed by atoms with Gasteiger partial charge in [-0.2, -0.15) is 0 Å². The fourth-order valence-corrected chi connectivity index (χ4v) is 4.47. The van der Waals surface area contributed by atoms with E-state index in [9.17, 15) is 9.18 Å². The Hall–Kier alpha value is -2.99. The van der Waals surface area contributed by atoms with Crippen LogP contribution in [0.4, 0.5) is 10.1 Å². The minimum Gasteiger partial charge on any atom is -0.368 e. The Bertz CT molecular complexity index is 1170. The highest BCUT2D eigenvalue weighted by molar-refractivity contribution is 5.98. The molecule has 0 atom stereocenters. The van der Waals surface area contributed by atoms with Gasteiger partial charge in [0.05, 0.1) is 5.54 Å². The SMILES string of the molecule is Cc1ccc(N2CC(N(C)C)C2)cc1C(=O)NC1(c2ccnc3c(F)cccc23)CC1. The molecule has 0 radical (unpaired) electrons. The van der Waals surface area contributed by atoms with Crippen LogP contribution in [0.3, 0.4) is 0 Å². The third kappa shape index (κ3) is 3.45. The van der Waals surface area contributed by atoms with Crippen molar-refractivity contribution in [2.75, 3.05) is 32.1 Å². The Morgan fingerprint density at radius 1 is 1.19 bits per heavy atom. The van der Waals surface area contributed by atoms with Gasteiger partial charge < -0.3 is 15.1 Å². The Morgan fingerprint density at radius 3 is 2.68 bits per heavy atom. The van der Waals surface area contributed by atoms with E-state index in [-0.39, 0.29) is 11.7 Å². The van der Waals surface area contributed by atoms with Crippen molar-refractivity contribution in [3.63, 3.8) is 0 Å². The number of hydrogen-bond donors (Lipinski definition) is 1. The lowest BCUT2D eigenvalue weighted by Gasteiger charge is -2.44. The van der Waals surface area contributed by atoms with Crippen LogP contribution in [-0.2, 0) is 5.54 Å². The first-order valence-electron chi connectivity index (χ1n) is 10.8. The smallest absolute Gasteiger partial charge is 0.252 e. The fraction of sp³-hybridized carbons (Fsp3) is 0.360. The normalized spacial score (nSPS) is 17.6. The Labute approximate surface area is 181 Å². The highest BCUT2D eigenvalue weighted by Crippen LogP contribution is 2.48. The average Bonchev–Trinajstić information content (AvgIpc) is 3.48. The zero-order valence-corrected chi connectivity index (χ0v) is 18.2. The number of pyridine rings is 1. The average molecular weight is 419 g/mol. The molecule has 1 amide bonds. The van der Waals surface area contributed by atoms with E-state index in [1.807, 2.05) is 31.2 Å². The van der Waals surface area contributed by atoms with E-state index >= 15 is 0 Å². The predicted molar refractivity (Wildman–Crippen MR) is 121 cm³/mol. The third-order valence-electron chi connectivity index (χ3n) is 6.76. The molecule has 0 unspecified atom stereocenters. The van der Waals surface area contributed by atoms with Crippen molar-refractivity contribution >= 4 is 22.5 Å². The molecule has 3 aromatic rings. The van der Waals surface area contributed by atoms with Crippen LogP contribution in [0.15, 0.2) is 48.7 Å². The van der Waals surface area contributed by atoms with Gasteiger partial charge in [-0.15, -0.1) is 0 Å². The summed E-state index contributed by atoms with van der Waals surface area (Å²) < 4.78 is 14.2. The molecule has 1 aliphatic heterocycles. The van der Waals surface area contributed by atoms with Crippen LogP contribution in [0.1, 0.15) is 34.3 Å². The molecule has 1 aromatic heterocycles. The molecule has 1 aliphatic carbocycles. The summed E-state index contributed by atoms with van der Waals surface area (Å²) in [5, 5.41) is 4.03. The van der Waals surface area contributed by atoms with Crippen molar-refractivity contribution in [2.24, 2.45) is 0 Å². The zero-order valence-electron chi connectivity index (χ0n) is 18.2. The molecule has 2 aliphatic rings. The molecule has 6 heteroatoms. The molecule has 2 fully saturated rings. The van der Waals surface area contributed by atoms with Gasteiger partial charge in [0.2, 0.25) is 0 Å². The molecule has 160 valence electrons. The molecular weight excluding hydrogens is 391 g/mol. The number of hydrogen-bond acceptors (Lipinski definition) is 4. The molecule has 31 heavy (non-hydrogen) atoms. The summed E-state index contributed by atoms with van der Waals surface area (Å²) in [7, 11) is 4.19. The standard InChI is InChI=1S/C25H27FN4O/c1-16-7-8-17(30-14-18(15-30)29(2)3)13-20(16)24(31)28-25(10-11-25)21-9-12-27-23-19(21)5-4-6-22(23)26/h4-9,12-13,18H,10-11,14-15H2,1-3H3,(H,28,31). The lowest BCUT2D eigenvalue weighted by atomic mass is 9.98. The lowest BCUT2D eigenvalue weighted by molar-refractivity contribution is 0.0930. The van der Waals surface area contributed by atoms with E-state index < -0.39 is 5.54 Å². The first-order chi connectivity index (χ1) is 14.9. The fourth-order valence-electron chi connectivity index (χ4n) is 4.47. The second-order valence-electron chi connectivity index (χ2n) is 9.05. The van der Waals surface area contributed by atoms with Gasteiger partial charge in [-0.05, 0) is 69.3 Å². The maximum absolute atomic E-state index is 14.2. The van der Waals surface area contributed by atoms with Crippen molar-refractivity contribution < 1.29 is 9.18 Å². The minimum absolute atomic E-state index is 0.0806. The summed E-state index contributed by atoms with van der Waals surface area (Å²) in [5.74, 6) is -0.418. The molecule has 5 rings (SSSR count).